The number of nitrogens with one attached hydrogen (secondary N) is 6. The van der Waals surface area contributed by atoms with Crippen molar-refractivity contribution in [1.29, 1.82) is 0 Å². The molecule has 0 spiro atoms. The lowest BCUT2D eigenvalue weighted by Crippen LogP contribution is -2.38. The third-order valence-electron chi connectivity index (χ3n) is 22.0. The molecule has 6 N–H and O–H groups in total. The molecule has 104 heavy (non-hydrogen) atoms. The van der Waals surface area contributed by atoms with E-state index < -0.39 is 6.03 Å². The predicted octanol–water partition coefficient (Wildman–Crippen LogP) is 20.4. The number of anilines is 7. The number of hydrogen-bond donors (Lipinski definition) is 6. The van der Waals surface area contributed by atoms with Crippen molar-refractivity contribution < 1.29 is 19.2 Å². The Morgan fingerprint density at radius 2 is 0.625 bits per heavy atom. The van der Waals surface area contributed by atoms with Crippen LogP contribution in [0.2, 0.25) is 0 Å². The summed E-state index contributed by atoms with van der Waals surface area (Å²) in [5.74, 6) is 1.56. The van der Waals surface area contributed by atoms with Crippen LogP contribution < -0.4 is 46.6 Å². The zero-order valence-corrected chi connectivity index (χ0v) is 60.3. The van der Waals surface area contributed by atoms with Crippen molar-refractivity contribution in [1.82, 2.24) is 10.6 Å². The number of carbonyl (C=O) groups is 4. The van der Waals surface area contributed by atoms with E-state index in [9.17, 15) is 19.2 Å². The molecule has 6 aliphatic rings. The Morgan fingerprint density at radius 1 is 0.327 bits per heavy atom. The number of carbonyl (C=O) groups excluding carboxylic acids is 4. The second-order valence-corrected chi connectivity index (χ2v) is 28.7. The first-order chi connectivity index (χ1) is 51.0. The van der Waals surface area contributed by atoms with Gasteiger partial charge in [-0.1, -0.05) is 227 Å². The van der Waals surface area contributed by atoms with Gasteiger partial charge in [-0.3, -0.25) is 10.1 Å². The van der Waals surface area contributed by atoms with Crippen LogP contribution in [0, 0.1) is 6.92 Å². The van der Waals surface area contributed by atoms with Gasteiger partial charge in [0.15, 0.2) is 0 Å². The Balaban J connectivity index is 0.000000132. The van der Waals surface area contributed by atoms with Crippen LogP contribution in [0.25, 0.3) is 0 Å². The van der Waals surface area contributed by atoms with Gasteiger partial charge in [-0.15, -0.1) is 0 Å². The van der Waals surface area contributed by atoms with Crippen LogP contribution in [-0.2, 0) is 4.79 Å². The molecule has 6 aliphatic heterocycles. The van der Waals surface area contributed by atoms with E-state index in [0.717, 1.165) is 125 Å². The van der Waals surface area contributed by atoms with Gasteiger partial charge in [0.25, 0.3) is 0 Å². The molecule has 0 fully saturated rings. The van der Waals surface area contributed by atoms with Crippen molar-refractivity contribution >= 4 is 63.8 Å². The Hall–Kier alpha value is -10.9. The molecule has 0 saturated heterocycles. The van der Waals surface area contributed by atoms with Crippen molar-refractivity contribution in [2.75, 3.05) is 81.8 Å². The van der Waals surface area contributed by atoms with Gasteiger partial charge >= 0.3 is 18.1 Å². The Bertz CT molecular complexity index is 4380. The lowest BCUT2D eigenvalue weighted by molar-refractivity contribution is -0.119. The molecule has 16 rings (SSSR count). The molecule has 6 heterocycles. The highest BCUT2D eigenvalue weighted by atomic mass is 16.2. The summed E-state index contributed by atoms with van der Waals surface area (Å²) >= 11 is 0. The summed E-state index contributed by atoms with van der Waals surface area (Å²) < 4.78 is 0. The summed E-state index contributed by atoms with van der Waals surface area (Å²) in [7, 11) is 0. The molecule has 10 aromatic rings. The van der Waals surface area contributed by atoms with Crippen LogP contribution in [0.3, 0.4) is 0 Å². The number of benzene rings is 10. The molecule has 7 amide bonds. The zero-order valence-electron chi connectivity index (χ0n) is 60.3. The van der Waals surface area contributed by atoms with E-state index >= 15 is 0 Å². The average molecular weight is 1380 g/mol. The first kappa shape index (κ1) is 70.1. The Morgan fingerprint density at radius 3 is 0.923 bits per heavy atom. The summed E-state index contributed by atoms with van der Waals surface area (Å²) in [6, 6.07) is 84.6. The van der Waals surface area contributed by atoms with Crippen LogP contribution in [-0.4, -0.2) is 69.8 Å². The number of imide groups is 1. The topological polar surface area (TPSA) is 150 Å². The van der Waals surface area contributed by atoms with Gasteiger partial charge in [-0.05, 0) is 173 Å². The highest BCUT2D eigenvalue weighted by molar-refractivity contribution is 6.02. The second-order valence-electron chi connectivity index (χ2n) is 28.7. The van der Waals surface area contributed by atoms with E-state index in [2.05, 4.69) is 260 Å². The van der Waals surface area contributed by atoms with Crippen LogP contribution in [0.1, 0.15) is 192 Å². The molecule has 6 unspecified atom stereocenters. The summed E-state index contributed by atoms with van der Waals surface area (Å²) in [6.07, 6.45) is 11.3. The van der Waals surface area contributed by atoms with Gasteiger partial charge in [0.1, 0.15) is 0 Å². The SMILES string of the molecule is CCC(=O)NC(=O)Nc1cc2c3c(c1)C(c1ccccc1)CCN3CCC2c1ccccc1.CCCCCCNC(=O)Nc1cc2c3c(c1)C(c1ccccc1)CCN3CCC2c1ccccc1.Cc1cccc(NC(=O)Nc2cc3c4c(c2)C(c2ccccc2)CCN4CCC3c2ccccc2)c1. The molecular formula is C91H97N9O4. The molecular weight excluding hydrogens is 1280 g/mol. The third kappa shape index (κ3) is 16.1. The first-order valence-electron chi connectivity index (χ1n) is 37.9. The number of rotatable bonds is 16. The summed E-state index contributed by atoms with van der Waals surface area (Å²) in [4.78, 5) is 57.6. The standard InChI is InChI=1S/C32H31N3O.C31H37N3O.C28H29N3O2/c1-22-9-8-14-25(19-22)33-32(36)34-26-20-29-27(23-10-4-2-5-11-23)15-17-35-18-16-28(30(21-26)31(29)35)24-12-6-3-7-13-24;1-2-3-4-11-18-32-31(35)33-25-21-28-26(23-12-7-5-8-13-23)16-19-34-20-17-27(29(22-25)30(28)34)24-14-9-6-10-15-24;1-2-26(32)30-28(33)29-21-17-24-22(19-9-5-3-6-10-19)13-15-31-16-14-23(25(18-21)27(24)31)20-11-7-4-8-12-20/h2-14,19-21,27-28H,15-18H2,1H3,(H2,33,34,36);5-10,12-15,21-22,26-27H,2-4,11,16-20H2,1H3,(H2,32,33,35);3-12,17-18,22-23H,2,13-16H2,1H3,(H2,29,30,32,33). The fourth-order valence-corrected chi connectivity index (χ4v) is 17.1. The van der Waals surface area contributed by atoms with E-state index in [1.54, 1.807) is 6.92 Å². The lowest BCUT2D eigenvalue weighted by Gasteiger charge is -2.43. The Kier molecular flexibility index (Phi) is 22.3. The smallest absolute Gasteiger partial charge is 0.325 e. The minimum Gasteiger partial charge on any atom is -0.371 e. The average Bonchev–Trinajstić information content (AvgIpc) is 0.755. The number of aryl methyl sites for hydroxylation is 1. The second kappa shape index (κ2) is 33.0. The summed E-state index contributed by atoms with van der Waals surface area (Å²) in [5, 5.41) is 17.7. The minimum absolute atomic E-state index is 0.107. The monoisotopic (exact) mass is 1380 g/mol. The number of hydrogen-bond acceptors (Lipinski definition) is 7. The molecule has 0 aromatic heterocycles. The highest BCUT2D eigenvalue weighted by Crippen LogP contribution is 2.53. The van der Waals surface area contributed by atoms with Gasteiger partial charge in [0, 0.05) is 128 Å². The maximum absolute atomic E-state index is 13.0. The van der Waals surface area contributed by atoms with Crippen LogP contribution >= 0.6 is 0 Å². The molecule has 6 atom stereocenters. The van der Waals surface area contributed by atoms with E-state index in [4.69, 9.17) is 0 Å². The summed E-state index contributed by atoms with van der Waals surface area (Å²) in [6.45, 7) is 13.0. The number of urea groups is 3. The quantitative estimate of drug-likeness (QED) is 0.0527. The van der Waals surface area contributed by atoms with Gasteiger partial charge in [-0.25, -0.2) is 14.4 Å². The fourth-order valence-electron chi connectivity index (χ4n) is 17.1. The first-order valence-corrected chi connectivity index (χ1v) is 37.9. The van der Waals surface area contributed by atoms with Crippen LogP contribution in [0.5, 0.6) is 0 Å². The van der Waals surface area contributed by atoms with Crippen molar-refractivity contribution in [3.63, 3.8) is 0 Å². The minimum atomic E-state index is -0.481. The van der Waals surface area contributed by atoms with Crippen LogP contribution in [0.4, 0.5) is 54.2 Å². The maximum atomic E-state index is 13.0. The number of unbranched alkanes of at least 4 members (excludes halogenated alkanes) is 3. The highest BCUT2D eigenvalue weighted by Gasteiger charge is 2.39. The number of nitrogens with zero attached hydrogens (tertiary/aromatic N) is 3. The van der Waals surface area contributed by atoms with Gasteiger partial charge in [0.2, 0.25) is 5.91 Å². The van der Waals surface area contributed by atoms with E-state index in [1.807, 2.05) is 43.3 Å². The number of amides is 7. The Labute approximate surface area is 613 Å². The molecule has 0 bridgehead atoms. The van der Waals surface area contributed by atoms with Crippen molar-refractivity contribution in [3.8, 4) is 0 Å². The van der Waals surface area contributed by atoms with Gasteiger partial charge in [0.05, 0.1) is 0 Å². The maximum Gasteiger partial charge on any atom is 0.325 e. The van der Waals surface area contributed by atoms with E-state index in [1.165, 1.54) is 96.7 Å². The molecule has 0 saturated carbocycles. The van der Waals surface area contributed by atoms with E-state index in [0.29, 0.717) is 23.7 Å². The van der Waals surface area contributed by atoms with Crippen molar-refractivity contribution in [2.24, 2.45) is 0 Å². The fraction of sp³-hybridized carbons (Fsp3) is 0.297. The largest absolute Gasteiger partial charge is 0.371 e. The van der Waals surface area contributed by atoms with Crippen molar-refractivity contribution in [3.05, 3.63) is 315 Å². The summed E-state index contributed by atoms with van der Waals surface area (Å²) in [5.41, 5.74) is 24.2. The molecule has 0 aliphatic carbocycles. The molecule has 0 radical (unpaired) electrons. The molecule has 10 aromatic carbocycles. The molecule has 530 valence electrons. The molecule has 13 nitrogen and oxygen atoms in total. The predicted molar refractivity (Wildman–Crippen MR) is 426 cm³/mol. The normalized spacial score (nSPS) is 18.6. The lowest BCUT2D eigenvalue weighted by atomic mass is 9.76. The van der Waals surface area contributed by atoms with Crippen LogP contribution in [0.15, 0.2) is 243 Å². The van der Waals surface area contributed by atoms with Crippen molar-refractivity contribution in [2.45, 2.75) is 127 Å². The van der Waals surface area contributed by atoms with Gasteiger partial charge in [-0.2, -0.15) is 0 Å². The zero-order chi connectivity index (χ0) is 71.3. The molecule has 13 heteroatoms. The third-order valence-corrected chi connectivity index (χ3v) is 22.0. The van der Waals surface area contributed by atoms with Gasteiger partial charge < -0.3 is 41.3 Å². The van der Waals surface area contributed by atoms with E-state index in [-0.39, 0.29) is 36.2 Å².